The summed E-state index contributed by atoms with van der Waals surface area (Å²) in [4.78, 5) is 19.1. The maximum atomic E-state index is 9.55. The molecule has 0 amide bonds. The van der Waals surface area contributed by atoms with Crippen molar-refractivity contribution in [1.29, 1.82) is 0 Å². The summed E-state index contributed by atoms with van der Waals surface area (Å²) in [5, 5.41) is 19.3. The summed E-state index contributed by atoms with van der Waals surface area (Å²) >= 11 is 0. The first-order chi connectivity index (χ1) is 8.04. The van der Waals surface area contributed by atoms with E-state index in [4.69, 9.17) is 10.2 Å². The van der Waals surface area contributed by atoms with E-state index in [0.29, 0.717) is 23.2 Å². The van der Waals surface area contributed by atoms with Crippen molar-refractivity contribution in [3.8, 4) is 0 Å². The lowest BCUT2D eigenvalue weighted by atomic mass is 9.83. The van der Waals surface area contributed by atoms with Crippen molar-refractivity contribution in [2.45, 2.75) is 58.0 Å². The van der Waals surface area contributed by atoms with Gasteiger partial charge in [0, 0.05) is 23.2 Å². The fourth-order valence-corrected chi connectivity index (χ4v) is 2.16. The van der Waals surface area contributed by atoms with Gasteiger partial charge in [0.2, 0.25) is 0 Å². The molecule has 1 rings (SSSR count). The number of carboxylic acids is 2. The molecule has 1 aliphatic heterocycles. The predicted octanol–water partition coefficient (Wildman–Crippen LogP) is 2.03. The molecule has 1 fully saturated rings. The van der Waals surface area contributed by atoms with E-state index in [1.165, 1.54) is 19.3 Å². The highest BCUT2D eigenvalue weighted by molar-refractivity contribution is 5.89. The molecule has 18 heavy (non-hydrogen) atoms. The van der Waals surface area contributed by atoms with Crippen molar-refractivity contribution < 1.29 is 19.8 Å². The smallest absolute Gasteiger partial charge is 0.328 e. The van der Waals surface area contributed by atoms with E-state index in [9.17, 15) is 9.59 Å². The van der Waals surface area contributed by atoms with Gasteiger partial charge in [-0.25, -0.2) is 9.59 Å². The number of hydrogen-bond acceptors (Lipinski definition) is 3. The highest BCUT2D eigenvalue weighted by Crippen LogP contribution is 2.27. The summed E-state index contributed by atoms with van der Waals surface area (Å²) in [7, 11) is 0. The van der Waals surface area contributed by atoms with Crippen molar-refractivity contribution in [1.82, 2.24) is 5.32 Å². The van der Waals surface area contributed by atoms with Crippen LogP contribution in [0.25, 0.3) is 0 Å². The van der Waals surface area contributed by atoms with Gasteiger partial charge in [0.05, 0.1) is 0 Å². The topological polar surface area (TPSA) is 86.6 Å². The average Bonchev–Trinajstić information content (AvgIpc) is 2.11. The van der Waals surface area contributed by atoms with Gasteiger partial charge in [0.1, 0.15) is 0 Å². The molecule has 5 nitrogen and oxygen atoms in total. The molecule has 1 aliphatic rings. The molecule has 0 aromatic rings. The molecule has 0 aliphatic carbocycles. The lowest BCUT2D eigenvalue weighted by Crippen LogP contribution is -2.55. The molecular formula is C13H23NO4. The molecule has 104 valence electrons. The Labute approximate surface area is 108 Å². The van der Waals surface area contributed by atoms with Crippen LogP contribution in [-0.4, -0.2) is 33.2 Å². The zero-order chi connectivity index (χ0) is 14.4. The van der Waals surface area contributed by atoms with Gasteiger partial charge in [0.15, 0.2) is 0 Å². The molecule has 5 heteroatoms. The fourth-order valence-electron chi connectivity index (χ4n) is 2.16. The maximum Gasteiger partial charge on any atom is 0.328 e. The Morgan fingerprint density at radius 3 is 1.44 bits per heavy atom. The van der Waals surface area contributed by atoms with Gasteiger partial charge in [-0.2, -0.15) is 0 Å². The van der Waals surface area contributed by atoms with Crippen LogP contribution in [0.4, 0.5) is 0 Å². The molecule has 1 saturated heterocycles. The van der Waals surface area contributed by atoms with Crippen LogP contribution >= 0.6 is 0 Å². The minimum Gasteiger partial charge on any atom is -0.478 e. The standard InChI is InChI=1S/C9H19N.C4H4O4/c1-8(2)6-5-7-9(3,4)10-8;5-3(6)1-2-4(7)8/h10H,5-7H2,1-4H3;1-2H,(H,5,6)(H,7,8)/b;2-1+. The van der Waals surface area contributed by atoms with Crippen molar-refractivity contribution in [3.63, 3.8) is 0 Å². The zero-order valence-electron chi connectivity index (χ0n) is 11.5. The third kappa shape index (κ3) is 8.75. The summed E-state index contributed by atoms with van der Waals surface area (Å²) < 4.78 is 0. The van der Waals surface area contributed by atoms with E-state index in [-0.39, 0.29) is 0 Å². The minimum absolute atomic E-state index is 0.363. The third-order valence-electron chi connectivity index (χ3n) is 2.65. The van der Waals surface area contributed by atoms with Crippen LogP contribution in [0.5, 0.6) is 0 Å². The molecule has 0 unspecified atom stereocenters. The van der Waals surface area contributed by atoms with Gasteiger partial charge >= 0.3 is 11.9 Å². The number of rotatable bonds is 2. The second-order valence-corrected chi connectivity index (χ2v) is 5.76. The van der Waals surface area contributed by atoms with Gasteiger partial charge in [0.25, 0.3) is 0 Å². The molecule has 0 bridgehead atoms. The number of nitrogens with one attached hydrogen (secondary N) is 1. The van der Waals surface area contributed by atoms with Crippen LogP contribution in [0.3, 0.4) is 0 Å². The quantitative estimate of drug-likeness (QED) is 0.659. The lowest BCUT2D eigenvalue weighted by molar-refractivity contribution is -0.134. The van der Waals surface area contributed by atoms with Gasteiger partial charge < -0.3 is 15.5 Å². The molecule has 0 atom stereocenters. The fraction of sp³-hybridized carbons (Fsp3) is 0.692. The van der Waals surface area contributed by atoms with Crippen LogP contribution in [0.1, 0.15) is 47.0 Å². The molecule has 0 spiro atoms. The van der Waals surface area contributed by atoms with E-state index in [0.717, 1.165) is 0 Å². The van der Waals surface area contributed by atoms with Crippen molar-refractivity contribution in [2.24, 2.45) is 0 Å². The predicted molar refractivity (Wildman–Crippen MR) is 69.6 cm³/mol. The summed E-state index contributed by atoms with van der Waals surface area (Å²) in [5.74, 6) is -2.51. The van der Waals surface area contributed by atoms with E-state index in [1.54, 1.807) is 0 Å². The Morgan fingerprint density at radius 1 is 0.944 bits per heavy atom. The molecule has 1 heterocycles. The SMILES string of the molecule is CC1(C)CCCC(C)(C)N1.O=C(O)/C=C/C(=O)O. The zero-order valence-corrected chi connectivity index (χ0v) is 11.5. The van der Waals surface area contributed by atoms with Gasteiger partial charge in [-0.1, -0.05) is 0 Å². The Balaban J connectivity index is 0.000000331. The Bertz CT molecular complexity index is 302. The molecule has 3 N–H and O–H groups in total. The molecule has 0 radical (unpaired) electrons. The Kier molecular flexibility index (Phi) is 6.05. The van der Waals surface area contributed by atoms with E-state index < -0.39 is 11.9 Å². The number of aliphatic carboxylic acids is 2. The second-order valence-electron chi connectivity index (χ2n) is 5.76. The first-order valence-corrected chi connectivity index (χ1v) is 5.97. The van der Waals surface area contributed by atoms with Crippen molar-refractivity contribution in [2.75, 3.05) is 0 Å². The van der Waals surface area contributed by atoms with E-state index >= 15 is 0 Å². The molecule has 0 saturated carbocycles. The third-order valence-corrected chi connectivity index (χ3v) is 2.65. The summed E-state index contributed by atoms with van der Waals surface area (Å²) in [6.45, 7) is 9.14. The summed E-state index contributed by atoms with van der Waals surface area (Å²) in [5.41, 5.74) is 0.726. The van der Waals surface area contributed by atoms with E-state index in [2.05, 4.69) is 33.0 Å². The molecule has 0 aromatic heterocycles. The van der Waals surface area contributed by atoms with Gasteiger partial charge in [-0.05, 0) is 47.0 Å². The minimum atomic E-state index is -1.26. The van der Waals surface area contributed by atoms with Crippen LogP contribution in [0.2, 0.25) is 0 Å². The normalized spacial score (nSPS) is 20.9. The number of carbonyl (C=O) groups is 2. The van der Waals surface area contributed by atoms with Gasteiger partial charge in [-0.15, -0.1) is 0 Å². The largest absolute Gasteiger partial charge is 0.478 e. The number of hydrogen-bond donors (Lipinski definition) is 3. The first-order valence-electron chi connectivity index (χ1n) is 5.97. The second kappa shape index (κ2) is 6.54. The lowest BCUT2D eigenvalue weighted by Gasteiger charge is -2.42. The van der Waals surface area contributed by atoms with Crippen molar-refractivity contribution in [3.05, 3.63) is 12.2 Å². The Morgan fingerprint density at radius 2 is 1.28 bits per heavy atom. The molecular weight excluding hydrogens is 234 g/mol. The van der Waals surface area contributed by atoms with E-state index in [1.807, 2.05) is 0 Å². The first kappa shape index (κ1) is 16.6. The highest BCUT2D eigenvalue weighted by atomic mass is 16.4. The monoisotopic (exact) mass is 257 g/mol. The number of piperidine rings is 1. The average molecular weight is 257 g/mol. The molecule has 0 aromatic carbocycles. The summed E-state index contributed by atoms with van der Waals surface area (Å²) in [6, 6.07) is 0. The number of carboxylic acid groups (broad SMARTS) is 2. The van der Waals surface area contributed by atoms with Crippen LogP contribution < -0.4 is 5.32 Å². The Hall–Kier alpha value is -1.36. The van der Waals surface area contributed by atoms with Crippen LogP contribution in [-0.2, 0) is 9.59 Å². The van der Waals surface area contributed by atoms with Crippen LogP contribution in [0.15, 0.2) is 12.2 Å². The van der Waals surface area contributed by atoms with Crippen molar-refractivity contribution >= 4 is 11.9 Å². The summed E-state index contributed by atoms with van der Waals surface area (Å²) in [6.07, 6.45) is 5.12. The highest BCUT2D eigenvalue weighted by Gasteiger charge is 2.31. The van der Waals surface area contributed by atoms with Crippen LogP contribution in [0, 0.1) is 0 Å². The van der Waals surface area contributed by atoms with Gasteiger partial charge in [-0.3, -0.25) is 0 Å². The maximum absolute atomic E-state index is 9.55.